The molecule has 1 aliphatic heterocycles. The third-order valence-electron chi connectivity index (χ3n) is 7.05. The molecule has 3 aliphatic carbocycles. The number of allylic oxidation sites excluding steroid dienone is 3. The summed E-state index contributed by atoms with van der Waals surface area (Å²) in [4.78, 5) is 0. The van der Waals surface area contributed by atoms with E-state index in [9.17, 15) is 10.2 Å². The zero-order valence-electron chi connectivity index (χ0n) is 15.3. The molecule has 0 aromatic heterocycles. The van der Waals surface area contributed by atoms with Crippen molar-refractivity contribution in [1.29, 1.82) is 0 Å². The van der Waals surface area contributed by atoms with E-state index < -0.39 is 12.2 Å². The summed E-state index contributed by atoms with van der Waals surface area (Å²) in [6.45, 7) is 2.26. The Hall–Kier alpha value is -1.06. The van der Waals surface area contributed by atoms with Crippen LogP contribution in [0.3, 0.4) is 0 Å². The molecule has 0 spiro atoms. The number of hydrogen-bond donors (Lipinski definition) is 2. The highest BCUT2D eigenvalue weighted by atomic mass is 16.5. The summed E-state index contributed by atoms with van der Waals surface area (Å²) in [5, 5.41) is 21.1. The van der Waals surface area contributed by atoms with Gasteiger partial charge in [0.05, 0.1) is 18.5 Å². The standard InChI is InChI=1S/C22H32O3/c1-2-3-5-14-8-9-15-10-11-25-19(20(14)15)13-17-12-16-6-4-7-18(23)21(16)22(17)24/h4,7,10-11,14,16-19,21-24H,2-3,5-6,8-9,12-13H2,1H3. The predicted molar refractivity (Wildman–Crippen MR) is 98.8 cm³/mol. The average molecular weight is 344 g/mol. The molecule has 0 saturated heterocycles. The largest absolute Gasteiger partial charge is 0.494 e. The van der Waals surface area contributed by atoms with Gasteiger partial charge in [0.2, 0.25) is 0 Å². The predicted octanol–water partition coefficient (Wildman–Crippen LogP) is 4.12. The fraction of sp³-hybridized carbons (Fsp3) is 0.727. The summed E-state index contributed by atoms with van der Waals surface area (Å²) in [6, 6.07) is 0. The molecule has 3 nitrogen and oxygen atoms in total. The second-order valence-corrected chi connectivity index (χ2v) is 8.50. The number of fused-ring (bicyclic) bond motifs is 1. The molecular formula is C22H32O3. The van der Waals surface area contributed by atoms with Crippen molar-refractivity contribution in [3.63, 3.8) is 0 Å². The molecular weight excluding hydrogens is 312 g/mol. The third-order valence-corrected chi connectivity index (χ3v) is 7.05. The normalized spacial score (nSPS) is 42.4. The minimum Gasteiger partial charge on any atom is -0.494 e. The Bertz CT molecular complexity index is 576. The van der Waals surface area contributed by atoms with Gasteiger partial charge in [-0.2, -0.15) is 0 Å². The second-order valence-electron chi connectivity index (χ2n) is 8.50. The molecule has 1 fully saturated rings. The van der Waals surface area contributed by atoms with Crippen molar-refractivity contribution >= 4 is 0 Å². The summed E-state index contributed by atoms with van der Waals surface area (Å²) >= 11 is 0. The van der Waals surface area contributed by atoms with Crippen LogP contribution in [0.1, 0.15) is 58.3 Å². The van der Waals surface area contributed by atoms with Gasteiger partial charge < -0.3 is 14.9 Å². The van der Waals surface area contributed by atoms with Crippen LogP contribution in [0, 0.1) is 23.7 Å². The van der Waals surface area contributed by atoms with Gasteiger partial charge in [0.15, 0.2) is 0 Å². The summed E-state index contributed by atoms with van der Waals surface area (Å²) in [5.41, 5.74) is 3.01. The lowest BCUT2D eigenvalue weighted by Gasteiger charge is -2.31. The Kier molecular flexibility index (Phi) is 5.06. The maximum absolute atomic E-state index is 10.8. The minimum atomic E-state index is -0.482. The molecule has 0 bridgehead atoms. The first-order valence-corrected chi connectivity index (χ1v) is 10.3. The molecule has 0 aromatic rings. The van der Waals surface area contributed by atoms with Crippen molar-refractivity contribution in [1.82, 2.24) is 0 Å². The summed E-state index contributed by atoms with van der Waals surface area (Å²) in [6.07, 6.45) is 16.4. The molecule has 1 heterocycles. The first kappa shape index (κ1) is 17.4. The van der Waals surface area contributed by atoms with Gasteiger partial charge in [-0.05, 0) is 73.5 Å². The van der Waals surface area contributed by atoms with E-state index in [0.29, 0.717) is 11.8 Å². The van der Waals surface area contributed by atoms with Crippen molar-refractivity contribution in [2.75, 3.05) is 0 Å². The van der Waals surface area contributed by atoms with Gasteiger partial charge >= 0.3 is 0 Å². The van der Waals surface area contributed by atoms with Crippen molar-refractivity contribution in [2.24, 2.45) is 23.7 Å². The van der Waals surface area contributed by atoms with Crippen LogP contribution in [0.25, 0.3) is 0 Å². The van der Waals surface area contributed by atoms with Gasteiger partial charge in [0, 0.05) is 5.92 Å². The molecule has 0 radical (unpaired) electrons. The van der Waals surface area contributed by atoms with Crippen molar-refractivity contribution in [3.05, 3.63) is 35.6 Å². The molecule has 3 heteroatoms. The van der Waals surface area contributed by atoms with Gasteiger partial charge in [0.1, 0.15) is 6.10 Å². The first-order valence-electron chi connectivity index (χ1n) is 10.3. The number of aliphatic hydroxyl groups is 2. The van der Waals surface area contributed by atoms with Crippen LogP contribution in [0.15, 0.2) is 35.6 Å². The zero-order valence-corrected chi connectivity index (χ0v) is 15.3. The lowest BCUT2D eigenvalue weighted by molar-refractivity contribution is 0.00686. The SMILES string of the molecule is CCCCC1CCC2=C1C(CC1CC3CC=CC(O)C3C1O)OC=C2. The van der Waals surface area contributed by atoms with Crippen LogP contribution >= 0.6 is 0 Å². The Morgan fingerprint density at radius 2 is 2.16 bits per heavy atom. The Balaban J connectivity index is 1.46. The van der Waals surface area contributed by atoms with Crippen molar-refractivity contribution in [3.8, 4) is 0 Å². The lowest BCUT2D eigenvalue weighted by Crippen LogP contribution is -2.35. The Morgan fingerprint density at radius 3 is 2.96 bits per heavy atom. The maximum atomic E-state index is 10.8. The zero-order chi connectivity index (χ0) is 17.4. The highest BCUT2D eigenvalue weighted by Crippen LogP contribution is 2.48. The highest BCUT2D eigenvalue weighted by Gasteiger charge is 2.47. The molecule has 138 valence electrons. The second kappa shape index (κ2) is 7.28. The fourth-order valence-electron chi connectivity index (χ4n) is 5.81. The lowest BCUT2D eigenvalue weighted by atomic mass is 9.82. The summed E-state index contributed by atoms with van der Waals surface area (Å²) in [5.74, 6) is 1.34. The van der Waals surface area contributed by atoms with E-state index in [2.05, 4.69) is 19.1 Å². The van der Waals surface area contributed by atoms with Gasteiger partial charge in [0.25, 0.3) is 0 Å². The first-order chi connectivity index (χ1) is 12.2. The molecule has 7 atom stereocenters. The number of hydrogen-bond acceptors (Lipinski definition) is 3. The van der Waals surface area contributed by atoms with Gasteiger partial charge in [-0.1, -0.05) is 31.9 Å². The minimum absolute atomic E-state index is 0.0158. The van der Waals surface area contributed by atoms with Crippen LogP contribution in [-0.2, 0) is 4.74 Å². The smallest absolute Gasteiger partial charge is 0.120 e. The Morgan fingerprint density at radius 1 is 1.28 bits per heavy atom. The van der Waals surface area contributed by atoms with E-state index in [-0.39, 0.29) is 17.9 Å². The van der Waals surface area contributed by atoms with E-state index >= 15 is 0 Å². The van der Waals surface area contributed by atoms with E-state index in [1.807, 2.05) is 12.3 Å². The molecule has 0 aromatic carbocycles. The van der Waals surface area contributed by atoms with E-state index in [1.54, 1.807) is 0 Å². The van der Waals surface area contributed by atoms with Crippen LogP contribution < -0.4 is 0 Å². The van der Waals surface area contributed by atoms with Crippen LogP contribution in [0.2, 0.25) is 0 Å². The van der Waals surface area contributed by atoms with Crippen molar-refractivity contribution < 1.29 is 14.9 Å². The number of ether oxygens (including phenoxy) is 1. The molecule has 25 heavy (non-hydrogen) atoms. The fourth-order valence-corrected chi connectivity index (χ4v) is 5.81. The van der Waals surface area contributed by atoms with Crippen molar-refractivity contribution in [2.45, 2.75) is 76.6 Å². The number of unbranched alkanes of at least 4 members (excludes halogenated alkanes) is 1. The molecule has 2 N–H and O–H groups in total. The quantitative estimate of drug-likeness (QED) is 0.738. The third kappa shape index (κ3) is 3.21. The topological polar surface area (TPSA) is 49.7 Å². The van der Waals surface area contributed by atoms with Gasteiger partial charge in [-0.15, -0.1) is 0 Å². The molecule has 7 unspecified atom stereocenters. The van der Waals surface area contributed by atoms with E-state index in [0.717, 1.165) is 19.3 Å². The number of rotatable bonds is 5. The van der Waals surface area contributed by atoms with E-state index in [4.69, 9.17) is 4.74 Å². The van der Waals surface area contributed by atoms with E-state index in [1.165, 1.54) is 43.3 Å². The van der Waals surface area contributed by atoms with Gasteiger partial charge in [-0.25, -0.2) is 0 Å². The highest BCUT2D eigenvalue weighted by molar-refractivity contribution is 5.36. The average Bonchev–Trinajstić information content (AvgIpc) is 3.16. The van der Waals surface area contributed by atoms with Crippen LogP contribution in [0.5, 0.6) is 0 Å². The molecule has 4 aliphatic rings. The van der Waals surface area contributed by atoms with Gasteiger partial charge in [-0.3, -0.25) is 0 Å². The molecule has 0 amide bonds. The molecule has 4 rings (SSSR count). The number of aliphatic hydroxyl groups excluding tert-OH is 2. The molecule has 1 saturated carbocycles. The monoisotopic (exact) mass is 344 g/mol. The Labute approximate surface area is 151 Å². The summed E-state index contributed by atoms with van der Waals surface area (Å²) in [7, 11) is 0. The maximum Gasteiger partial charge on any atom is 0.120 e. The summed E-state index contributed by atoms with van der Waals surface area (Å²) < 4.78 is 6.06. The van der Waals surface area contributed by atoms with Crippen LogP contribution in [0.4, 0.5) is 0 Å². The van der Waals surface area contributed by atoms with Crippen LogP contribution in [-0.4, -0.2) is 28.5 Å².